The summed E-state index contributed by atoms with van der Waals surface area (Å²) in [5.41, 5.74) is 1.35. The SMILES string of the molecule is COc1cccc(N2C(=O)C(=O)/C(=C(/O)c3ccc(OCC(C)C)cc3)C2c2ccc(O)cc2)c1. The predicted molar refractivity (Wildman–Crippen MR) is 133 cm³/mol. The molecule has 0 aliphatic carbocycles. The Bertz CT molecular complexity index is 1260. The minimum Gasteiger partial charge on any atom is -0.508 e. The summed E-state index contributed by atoms with van der Waals surface area (Å²) in [6, 6.07) is 18.8. The Labute approximate surface area is 203 Å². The van der Waals surface area contributed by atoms with Gasteiger partial charge in [0, 0.05) is 17.3 Å². The van der Waals surface area contributed by atoms with Gasteiger partial charge in [-0.1, -0.05) is 32.0 Å². The lowest BCUT2D eigenvalue weighted by Gasteiger charge is -2.25. The maximum Gasteiger partial charge on any atom is 0.300 e. The highest BCUT2D eigenvalue weighted by Crippen LogP contribution is 2.43. The third-order valence-corrected chi connectivity index (χ3v) is 5.70. The van der Waals surface area contributed by atoms with Crippen LogP contribution < -0.4 is 14.4 Å². The molecule has 1 aliphatic heterocycles. The predicted octanol–water partition coefficient (Wildman–Crippen LogP) is 5.06. The van der Waals surface area contributed by atoms with Crippen molar-refractivity contribution in [3.05, 3.63) is 89.5 Å². The van der Waals surface area contributed by atoms with Crippen molar-refractivity contribution in [1.29, 1.82) is 0 Å². The molecule has 0 spiro atoms. The van der Waals surface area contributed by atoms with Gasteiger partial charge >= 0.3 is 0 Å². The van der Waals surface area contributed by atoms with Gasteiger partial charge in [0.2, 0.25) is 0 Å². The number of nitrogens with zero attached hydrogens (tertiary/aromatic N) is 1. The minimum atomic E-state index is -0.903. The standard InChI is InChI=1S/C28H27NO6/c1-17(2)16-35-22-13-9-19(10-14-22)26(31)24-25(18-7-11-21(30)12-8-18)29(28(33)27(24)32)20-5-4-6-23(15-20)34-3/h4-15,17,25,30-31H,16H2,1-3H3/b26-24+. The summed E-state index contributed by atoms with van der Waals surface area (Å²) < 4.78 is 11.0. The first kappa shape index (κ1) is 23.9. The lowest BCUT2D eigenvalue weighted by molar-refractivity contribution is -0.132. The number of amides is 1. The molecule has 0 bridgehead atoms. The summed E-state index contributed by atoms with van der Waals surface area (Å²) in [5.74, 6) is -0.293. The Morgan fingerprint density at radius 3 is 2.29 bits per heavy atom. The van der Waals surface area contributed by atoms with E-state index >= 15 is 0 Å². The number of ether oxygens (including phenoxy) is 2. The molecule has 4 rings (SSSR count). The van der Waals surface area contributed by atoms with Crippen LogP contribution in [-0.4, -0.2) is 35.6 Å². The van der Waals surface area contributed by atoms with E-state index in [9.17, 15) is 19.8 Å². The number of methoxy groups -OCH3 is 1. The van der Waals surface area contributed by atoms with Gasteiger partial charge < -0.3 is 19.7 Å². The zero-order chi connectivity index (χ0) is 25.1. The molecule has 1 aliphatic rings. The van der Waals surface area contributed by atoms with Gasteiger partial charge in [-0.25, -0.2) is 0 Å². The van der Waals surface area contributed by atoms with E-state index < -0.39 is 17.7 Å². The van der Waals surface area contributed by atoms with Crippen molar-refractivity contribution in [2.24, 2.45) is 5.92 Å². The quantitative estimate of drug-likeness (QED) is 0.283. The Morgan fingerprint density at radius 2 is 1.66 bits per heavy atom. The second-order valence-electron chi connectivity index (χ2n) is 8.69. The fraction of sp³-hybridized carbons (Fsp3) is 0.214. The van der Waals surface area contributed by atoms with E-state index in [1.54, 1.807) is 60.7 Å². The molecular weight excluding hydrogens is 446 g/mol. The van der Waals surface area contributed by atoms with Gasteiger partial charge in [-0.15, -0.1) is 0 Å². The number of rotatable bonds is 7. The second kappa shape index (κ2) is 9.93. The van der Waals surface area contributed by atoms with Crippen LogP contribution in [0.3, 0.4) is 0 Å². The van der Waals surface area contributed by atoms with Gasteiger partial charge in [-0.05, 0) is 60.0 Å². The molecule has 3 aromatic carbocycles. The number of phenols is 1. The molecule has 0 aromatic heterocycles. The zero-order valence-electron chi connectivity index (χ0n) is 19.8. The minimum absolute atomic E-state index is 0.0423. The fourth-order valence-corrected chi connectivity index (χ4v) is 3.96. The van der Waals surface area contributed by atoms with Crippen LogP contribution in [0.25, 0.3) is 5.76 Å². The van der Waals surface area contributed by atoms with Crippen LogP contribution in [0.4, 0.5) is 5.69 Å². The Kier molecular flexibility index (Phi) is 6.78. The number of phenolic OH excluding ortho intramolecular Hbond substituents is 1. The van der Waals surface area contributed by atoms with Crippen molar-refractivity contribution in [2.75, 3.05) is 18.6 Å². The highest BCUT2D eigenvalue weighted by molar-refractivity contribution is 6.51. The van der Waals surface area contributed by atoms with Crippen molar-refractivity contribution >= 4 is 23.1 Å². The lowest BCUT2D eigenvalue weighted by Crippen LogP contribution is -2.29. The highest BCUT2D eigenvalue weighted by atomic mass is 16.5. The summed E-state index contributed by atoms with van der Waals surface area (Å²) in [6.45, 7) is 4.65. The number of carbonyl (C=O) groups excluding carboxylic acids is 2. The van der Waals surface area contributed by atoms with E-state index in [1.807, 2.05) is 13.8 Å². The largest absolute Gasteiger partial charge is 0.508 e. The van der Waals surface area contributed by atoms with E-state index in [4.69, 9.17) is 9.47 Å². The molecule has 1 unspecified atom stereocenters. The molecule has 1 amide bonds. The van der Waals surface area contributed by atoms with Gasteiger partial charge in [-0.2, -0.15) is 0 Å². The number of aromatic hydroxyl groups is 1. The lowest BCUT2D eigenvalue weighted by atomic mass is 9.95. The Balaban J connectivity index is 1.82. The van der Waals surface area contributed by atoms with E-state index in [0.29, 0.717) is 40.8 Å². The molecule has 180 valence electrons. The monoisotopic (exact) mass is 473 g/mol. The van der Waals surface area contributed by atoms with Gasteiger partial charge in [0.1, 0.15) is 23.0 Å². The van der Waals surface area contributed by atoms with Crippen molar-refractivity contribution in [1.82, 2.24) is 0 Å². The number of hydrogen-bond donors (Lipinski definition) is 2. The molecule has 1 heterocycles. The summed E-state index contributed by atoms with van der Waals surface area (Å²) in [4.78, 5) is 27.8. The van der Waals surface area contributed by atoms with Gasteiger partial charge in [0.25, 0.3) is 11.7 Å². The summed E-state index contributed by atoms with van der Waals surface area (Å²) in [5, 5.41) is 21.0. The molecule has 35 heavy (non-hydrogen) atoms. The third-order valence-electron chi connectivity index (χ3n) is 5.70. The molecular formula is C28H27NO6. The number of Topliss-reactive ketones (excluding diaryl/α,β-unsaturated/α-hetero) is 1. The third kappa shape index (κ3) is 4.84. The van der Waals surface area contributed by atoms with Crippen LogP contribution in [-0.2, 0) is 9.59 Å². The van der Waals surface area contributed by atoms with Gasteiger partial charge in [0.05, 0.1) is 25.3 Å². The van der Waals surface area contributed by atoms with Crippen molar-refractivity contribution in [3.63, 3.8) is 0 Å². The first-order valence-corrected chi connectivity index (χ1v) is 11.3. The maximum atomic E-state index is 13.2. The van der Waals surface area contributed by atoms with Gasteiger partial charge in [-0.3, -0.25) is 14.5 Å². The molecule has 2 N–H and O–H groups in total. The van der Waals surface area contributed by atoms with Crippen LogP contribution in [0.1, 0.15) is 31.0 Å². The first-order chi connectivity index (χ1) is 16.8. The number of aliphatic hydroxyl groups excluding tert-OH is 1. The maximum absolute atomic E-state index is 13.2. The average molecular weight is 474 g/mol. The number of aliphatic hydroxyl groups is 1. The van der Waals surface area contributed by atoms with E-state index in [-0.39, 0.29) is 17.1 Å². The molecule has 1 saturated heterocycles. The molecule has 0 radical (unpaired) electrons. The van der Waals surface area contributed by atoms with Crippen LogP contribution >= 0.6 is 0 Å². The molecule has 7 nitrogen and oxygen atoms in total. The van der Waals surface area contributed by atoms with Crippen LogP contribution in [0, 0.1) is 5.92 Å². The Morgan fingerprint density at radius 1 is 0.971 bits per heavy atom. The number of carbonyl (C=O) groups is 2. The van der Waals surface area contributed by atoms with Crippen LogP contribution in [0.2, 0.25) is 0 Å². The first-order valence-electron chi connectivity index (χ1n) is 11.3. The van der Waals surface area contributed by atoms with E-state index in [1.165, 1.54) is 24.1 Å². The summed E-state index contributed by atoms with van der Waals surface area (Å²) >= 11 is 0. The van der Waals surface area contributed by atoms with E-state index in [2.05, 4.69) is 0 Å². The molecule has 1 fully saturated rings. The number of anilines is 1. The number of benzene rings is 3. The highest BCUT2D eigenvalue weighted by Gasteiger charge is 2.47. The summed E-state index contributed by atoms with van der Waals surface area (Å²) in [6.07, 6.45) is 0. The fourth-order valence-electron chi connectivity index (χ4n) is 3.96. The smallest absolute Gasteiger partial charge is 0.300 e. The normalized spacial score (nSPS) is 17.1. The topological polar surface area (TPSA) is 96.3 Å². The second-order valence-corrected chi connectivity index (χ2v) is 8.69. The average Bonchev–Trinajstić information content (AvgIpc) is 3.13. The molecule has 1 atom stereocenters. The molecule has 3 aromatic rings. The zero-order valence-corrected chi connectivity index (χ0v) is 19.8. The number of hydrogen-bond acceptors (Lipinski definition) is 6. The summed E-state index contributed by atoms with van der Waals surface area (Å²) in [7, 11) is 1.51. The van der Waals surface area contributed by atoms with Gasteiger partial charge in [0.15, 0.2) is 0 Å². The number of ketones is 1. The van der Waals surface area contributed by atoms with Crippen molar-refractivity contribution in [3.8, 4) is 17.2 Å². The van der Waals surface area contributed by atoms with E-state index in [0.717, 1.165) is 0 Å². The Hall–Kier alpha value is -4.26. The van der Waals surface area contributed by atoms with Crippen molar-refractivity contribution in [2.45, 2.75) is 19.9 Å². The molecule has 7 heteroatoms. The molecule has 0 saturated carbocycles. The van der Waals surface area contributed by atoms with Crippen molar-refractivity contribution < 1.29 is 29.3 Å². The van der Waals surface area contributed by atoms with Crippen LogP contribution in [0.15, 0.2) is 78.4 Å². The van der Waals surface area contributed by atoms with Crippen LogP contribution in [0.5, 0.6) is 17.2 Å².